The zero-order chi connectivity index (χ0) is 14.7. The summed E-state index contributed by atoms with van der Waals surface area (Å²) < 4.78 is 0. The van der Waals surface area contributed by atoms with Crippen molar-refractivity contribution >= 4 is 0 Å². The molecule has 4 nitrogen and oxygen atoms in total. The number of aliphatic hydroxyl groups excluding tert-OH is 1. The molecule has 0 radical (unpaired) electrons. The predicted octanol–water partition coefficient (Wildman–Crippen LogP) is 0.861. The van der Waals surface area contributed by atoms with Gasteiger partial charge in [-0.2, -0.15) is 0 Å². The molecule has 1 aliphatic heterocycles. The molecule has 2 fully saturated rings. The summed E-state index contributed by atoms with van der Waals surface area (Å²) in [6, 6.07) is 9.98. The second kappa shape index (κ2) is 6.44. The fourth-order valence-electron chi connectivity index (χ4n) is 3.20. The molecule has 0 spiro atoms. The van der Waals surface area contributed by atoms with Crippen molar-refractivity contribution < 1.29 is 5.11 Å². The van der Waals surface area contributed by atoms with Gasteiger partial charge in [0.25, 0.3) is 0 Å². The van der Waals surface area contributed by atoms with Crippen LogP contribution in [-0.4, -0.2) is 60.8 Å². The normalized spacial score (nSPS) is 23.9. The number of nitrogens with zero attached hydrogens (tertiary/aromatic N) is 2. The van der Waals surface area contributed by atoms with Crippen molar-refractivity contribution in [2.24, 2.45) is 11.7 Å². The van der Waals surface area contributed by atoms with Crippen LogP contribution in [0.5, 0.6) is 0 Å². The minimum absolute atomic E-state index is 0.0146. The van der Waals surface area contributed by atoms with Gasteiger partial charge in [0.2, 0.25) is 0 Å². The van der Waals surface area contributed by atoms with E-state index in [1.165, 1.54) is 19.4 Å². The molecule has 0 aromatic heterocycles. The highest BCUT2D eigenvalue weighted by Crippen LogP contribution is 2.30. The molecule has 1 aromatic carbocycles. The lowest BCUT2D eigenvalue weighted by molar-refractivity contribution is 0.0847. The minimum Gasteiger partial charge on any atom is -0.394 e. The van der Waals surface area contributed by atoms with Gasteiger partial charge >= 0.3 is 0 Å². The lowest BCUT2D eigenvalue weighted by atomic mass is 9.91. The molecule has 1 saturated heterocycles. The maximum absolute atomic E-state index is 9.79. The van der Waals surface area contributed by atoms with E-state index in [9.17, 15) is 5.11 Å². The topological polar surface area (TPSA) is 52.7 Å². The molecule has 116 valence electrons. The first-order chi connectivity index (χ1) is 10.2. The summed E-state index contributed by atoms with van der Waals surface area (Å²) in [5, 5.41) is 9.79. The number of rotatable bonds is 6. The fraction of sp³-hybridized carbons (Fsp3) is 0.647. The minimum atomic E-state index is -0.653. The van der Waals surface area contributed by atoms with Crippen molar-refractivity contribution in [3.05, 3.63) is 35.9 Å². The summed E-state index contributed by atoms with van der Waals surface area (Å²) in [5.41, 5.74) is 6.84. The second-order valence-corrected chi connectivity index (χ2v) is 6.70. The van der Waals surface area contributed by atoms with Gasteiger partial charge in [-0.25, -0.2) is 0 Å². The van der Waals surface area contributed by atoms with Gasteiger partial charge in [0.05, 0.1) is 12.1 Å². The quantitative estimate of drug-likeness (QED) is 0.815. The lowest BCUT2D eigenvalue weighted by Crippen LogP contribution is -2.55. The van der Waals surface area contributed by atoms with Crippen LogP contribution in [0.15, 0.2) is 30.3 Å². The summed E-state index contributed by atoms with van der Waals surface area (Å²) in [6.45, 7) is 6.36. The van der Waals surface area contributed by atoms with Crippen LogP contribution in [0.25, 0.3) is 0 Å². The van der Waals surface area contributed by atoms with E-state index in [2.05, 4.69) is 9.80 Å². The Hall–Kier alpha value is -0.940. The predicted molar refractivity (Wildman–Crippen MR) is 85.0 cm³/mol. The Bertz CT molecular complexity index is 441. The first kappa shape index (κ1) is 15.0. The number of benzene rings is 1. The van der Waals surface area contributed by atoms with Gasteiger partial charge in [-0.15, -0.1) is 0 Å². The van der Waals surface area contributed by atoms with Gasteiger partial charge in [0, 0.05) is 39.3 Å². The first-order valence-electron chi connectivity index (χ1n) is 8.09. The number of hydrogen-bond acceptors (Lipinski definition) is 4. The third-order valence-electron chi connectivity index (χ3n) is 4.81. The molecule has 1 aromatic rings. The van der Waals surface area contributed by atoms with E-state index in [0.29, 0.717) is 0 Å². The molecule has 3 rings (SSSR count). The smallest absolute Gasteiger partial charge is 0.0772 e. The molecular weight excluding hydrogens is 262 g/mol. The molecule has 0 amide bonds. The molecule has 1 heterocycles. The molecule has 3 N–H and O–H groups in total. The Kier molecular flexibility index (Phi) is 4.60. The summed E-state index contributed by atoms with van der Waals surface area (Å²) in [5.74, 6) is 0.965. The van der Waals surface area contributed by atoms with E-state index in [1.807, 2.05) is 30.3 Å². The molecule has 21 heavy (non-hydrogen) atoms. The number of piperazine rings is 1. The van der Waals surface area contributed by atoms with E-state index in [0.717, 1.165) is 44.2 Å². The van der Waals surface area contributed by atoms with Crippen molar-refractivity contribution in [3.63, 3.8) is 0 Å². The third-order valence-corrected chi connectivity index (χ3v) is 4.81. The molecule has 1 saturated carbocycles. The Morgan fingerprint density at radius 2 is 1.67 bits per heavy atom. The summed E-state index contributed by atoms with van der Waals surface area (Å²) in [7, 11) is 0. The Labute approximate surface area is 127 Å². The van der Waals surface area contributed by atoms with Crippen molar-refractivity contribution in [1.29, 1.82) is 0 Å². The van der Waals surface area contributed by atoms with Crippen LogP contribution >= 0.6 is 0 Å². The van der Waals surface area contributed by atoms with Gasteiger partial charge in [-0.1, -0.05) is 30.3 Å². The van der Waals surface area contributed by atoms with Crippen molar-refractivity contribution in [3.8, 4) is 0 Å². The highest BCUT2D eigenvalue weighted by Gasteiger charge is 2.31. The first-order valence-corrected chi connectivity index (χ1v) is 8.09. The third kappa shape index (κ3) is 3.83. The number of hydrogen-bond donors (Lipinski definition) is 2. The van der Waals surface area contributed by atoms with Crippen LogP contribution in [-0.2, 0) is 5.54 Å². The van der Waals surface area contributed by atoms with E-state index >= 15 is 0 Å². The highest BCUT2D eigenvalue weighted by molar-refractivity contribution is 5.24. The van der Waals surface area contributed by atoms with Gasteiger partial charge in [-0.05, 0) is 24.3 Å². The molecule has 2 aliphatic rings. The Balaban J connectivity index is 1.55. The van der Waals surface area contributed by atoms with Crippen LogP contribution in [0, 0.1) is 5.92 Å². The molecule has 1 atom stereocenters. The standard InChI is InChI=1S/C17H27N3O/c18-17(14-21,16-4-2-1-3-5-16)13-20-10-8-19(9-11-20)12-15-6-7-15/h1-5,15,21H,6-14,18H2. The van der Waals surface area contributed by atoms with Crippen LogP contribution in [0.4, 0.5) is 0 Å². The largest absolute Gasteiger partial charge is 0.394 e. The SMILES string of the molecule is NC(CO)(CN1CCN(CC2CC2)CC1)c1ccccc1. The second-order valence-electron chi connectivity index (χ2n) is 6.70. The van der Waals surface area contributed by atoms with E-state index in [4.69, 9.17) is 5.73 Å². The van der Waals surface area contributed by atoms with Crippen molar-refractivity contribution in [2.75, 3.05) is 45.9 Å². The van der Waals surface area contributed by atoms with Gasteiger partial charge in [0.1, 0.15) is 0 Å². The zero-order valence-corrected chi connectivity index (χ0v) is 12.7. The Morgan fingerprint density at radius 3 is 2.24 bits per heavy atom. The van der Waals surface area contributed by atoms with E-state index in [1.54, 1.807) is 0 Å². The zero-order valence-electron chi connectivity index (χ0n) is 12.7. The number of aliphatic hydroxyl groups is 1. The van der Waals surface area contributed by atoms with Gasteiger partial charge in [0.15, 0.2) is 0 Å². The molecule has 1 aliphatic carbocycles. The maximum atomic E-state index is 9.79. The van der Waals surface area contributed by atoms with Crippen molar-refractivity contribution in [1.82, 2.24) is 9.80 Å². The molecule has 4 heteroatoms. The van der Waals surface area contributed by atoms with Crippen molar-refractivity contribution in [2.45, 2.75) is 18.4 Å². The number of nitrogens with two attached hydrogens (primary N) is 1. The Morgan fingerprint density at radius 1 is 1.05 bits per heavy atom. The van der Waals surface area contributed by atoms with Crippen LogP contribution in [0.1, 0.15) is 18.4 Å². The summed E-state index contributed by atoms with van der Waals surface area (Å²) in [4.78, 5) is 4.97. The molecule has 0 bridgehead atoms. The van der Waals surface area contributed by atoms with Gasteiger partial charge in [-0.3, -0.25) is 4.90 Å². The van der Waals surface area contributed by atoms with E-state index in [-0.39, 0.29) is 6.61 Å². The molecule has 1 unspecified atom stereocenters. The average molecular weight is 289 g/mol. The summed E-state index contributed by atoms with van der Waals surface area (Å²) in [6.07, 6.45) is 2.84. The van der Waals surface area contributed by atoms with Crippen LogP contribution in [0.2, 0.25) is 0 Å². The molecular formula is C17H27N3O. The van der Waals surface area contributed by atoms with E-state index < -0.39 is 5.54 Å². The fourth-order valence-corrected chi connectivity index (χ4v) is 3.20. The van der Waals surface area contributed by atoms with Crippen LogP contribution in [0.3, 0.4) is 0 Å². The highest BCUT2D eigenvalue weighted by atomic mass is 16.3. The maximum Gasteiger partial charge on any atom is 0.0772 e. The monoisotopic (exact) mass is 289 g/mol. The average Bonchev–Trinajstić information content (AvgIpc) is 3.34. The lowest BCUT2D eigenvalue weighted by Gasteiger charge is -2.39. The van der Waals surface area contributed by atoms with Crippen LogP contribution < -0.4 is 5.73 Å². The summed E-state index contributed by atoms with van der Waals surface area (Å²) >= 11 is 0. The van der Waals surface area contributed by atoms with Gasteiger partial charge < -0.3 is 15.7 Å².